The summed E-state index contributed by atoms with van der Waals surface area (Å²) in [5.41, 5.74) is 1.16. The average molecular weight is 825 g/mol. The molecule has 4 aliphatic heterocycles. The molecule has 4 aromatic carbocycles. The molecule has 0 unspecified atom stereocenters. The number of amidine groups is 5. The predicted molar refractivity (Wildman–Crippen MR) is 203 cm³/mol. The summed E-state index contributed by atoms with van der Waals surface area (Å²) in [7, 11) is -14.1. The summed E-state index contributed by atoms with van der Waals surface area (Å²) in [6.07, 6.45) is 2.46. The molecule has 0 amide bonds. The summed E-state index contributed by atoms with van der Waals surface area (Å²) >= 11 is 0. The van der Waals surface area contributed by atoms with Crippen LogP contribution in [-0.2, 0) is 30.4 Å². The summed E-state index contributed by atoms with van der Waals surface area (Å²) < 4.78 is 103. The van der Waals surface area contributed by atoms with E-state index in [2.05, 4.69) is 34.9 Å². The van der Waals surface area contributed by atoms with Crippen LogP contribution in [0.4, 0.5) is 0 Å². The number of fused-ring (bicyclic) bond motifs is 16. The molecule has 0 radical (unpaired) electrons. The fourth-order valence-electron chi connectivity index (χ4n) is 6.44. The van der Waals surface area contributed by atoms with Crippen molar-refractivity contribution in [3.05, 3.63) is 134 Å². The SMILES string of the molecule is O=S(=O)(O)c1ccc2c(c1)C1=NC2=NC2=NC(=c3cc/c(=C\C=C(O)O)cc32)N=C2N=C(N=c3[nH]c(c4ccc(S(=O)(=O)O)cc34)=N1)c1ccc(S(=O)(=O)O)cc12. The minimum Gasteiger partial charge on any atom is -0.481 e. The highest BCUT2D eigenvalue weighted by molar-refractivity contribution is 7.86. The van der Waals surface area contributed by atoms with Crippen molar-refractivity contribution >= 4 is 82.2 Å². The minimum absolute atomic E-state index is 0.00244. The molecule has 5 heterocycles. The number of aromatic amines is 1. The van der Waals surface area contributed by atoms with Crippen molar-refractivity contribution in [2.45, 2.75) is 14.7 Å². The number of aromatic nitrogens is 1. The first-order valence-corrected chi connectivity index (χ1v) is 20.4. The standard InChI is InChI=1S/C35H20N8O11S3/c44-27(45)10-2-15-1-6-19-23(11-15)32-36-28(19)38-33-25-13-17(56(49,50)51)4-8-21(25)30(40-33)42-35-26-14-18(57(52,53)54)5-9-22(26)31(43-35)41-34-24-12-16(55(46,47)48)3-7-20(24)29(37-32)39-34/h1-14,44-45H,(H,46,47,48)(H,49,50,51)(H,52,53,54)(H,36,37,38,39,40,41,42,43)/b15-2+. The van der Waals surface area contributed by atoms with Gasteiger partial charge in [0.15, 0.2) is 35.0 Å². The van der Waals surface area contributed by atoms with Crippen LogP contribution in [0.2, 0.25) is 0 Å². The lowest BCUT2D eigenvalue weighted by Gasteiger charge is -2.03. The molecule has 5 aromatic rings. The number of H-pyrrole nitrogens is 1. The van der Waals surface area contributed by atoms with E-state index in [1.165, 1.54) is 24.3 Å². The van der Waals surface area contributed by atoms with Crippen molar-refractivity contribution in [1.29, 1.82) is 0 Å². The van der Waals surface area contributed by atoms with Crippen LogP contribution in [0.15, 0.2) is 134 Å². The molecular weight excluding hydrogens is 805 g/mol. The van der Waals surface area contributed by atoms with E-state index in [0.717, 1.165) is 42.5 Å². The highest BCUT2D eigenvalue weighted by atomic mass is 32.2. The van der Waals surface area contributed by atoms with Gasteiger partial charge in [-0.15, -0.1) is 0 Å². The van der Waals surface area contributed by atoms with Crippen LogP contribution in [0.5, 0.6) is 0 Å². The van der Waals surface area contributed by atoms with Crippen molar-refractivity contribution in [2.24, 2.45) is 34.9 Å². The van der Waals surface area contributed by atoms with Crippen LogP contribution in [-0.4, -0.2) is 83.3 Å². The molecule has 0 saturated carbocycles. The largest absolute Gasteiger partial charge is 0.481 e. The Kier molecular flexibility index (Phi) is 7.76. The van der Waals surface area contributed by atoms with Crippen LogP contribution in [0.25, 0.3) is 22.7 Å². The molecule has 0 saturated heterocycles. The third-order valence-electron chi connectivity index (χ3n) is 9.02. The number of hydrogen-bond donors (Lipinski definition) is 6. The second-order valence-electron chi connectivity index (χ2n) is 12.6. The van der Waals surface area contributed by atoms with Gasteiger partial charge in [-0.2, -0.15) is 25.3 Å². The molecular formula is C35H20N8O11S3. The Hall–Kier alpha value is -6.82. The molecule has 0 atom stereocenters. The number of nitrogens with one attached hydrogen (secondary N) is 1. The van der Waals surface area contributed by atoms with Gasteiger partial charge in [-0.25, -0.2) is 34.9 Å². The third kappa shape index (κ3) is 6.27. The van der Waals surface area contributed by atoms with Crippen LogP contribution in [0, 0.1) is 0 Å². The monoisotopic (exact) mass is 824 g/mol. The molecule has 0 spiro atoms. The summed E-state index contributed by atoms with van der Waals surface area (Å²) in [4.78, 5) is 34.2. The van der Waals surface area contributed by atoms with E-state index in [1.807, 2.05) is 0 Å². The Morgan fingerprint density at radius 3 is 1.53 bits per heavy atom. The van der Waals surface area contributed by atoms with Gasteiger partial charge < -0.3 is 15.2 Å². The van der Waals surface area contributed by atoms with Crippen molar-refractivity contribution in [1.82, 2.24) is 4.98 Å². The molecule has 4 aliphatic rings. The smallest absolute Gasteiger partial charge is 0.294 e. The Bertz CT molecular complexity index is 3560. The fraction of sp³-hybridized carbons (Fsp3) is 0. The Labute approximate surface area is 318 Å². The zero-order valence-corrected chi connectivity index (χ0v) is 30.6. The van der Waals surface area contributed by atoms with Crippen molar-refractivity contribution in [2.75, 3.05) is 0 Å². The van der Waals surface area contributed by atoms with Gasteiger partial charge in [0.25, 0.3) is 36.3 Å². The van der Waals surface area contributed by atoms with E-state index < -0.39 is 51.0 Å². The van der Waals surface area contributed by atoms with Crippen molar-refractivity contribution in [3.63, 3.8) is 0 Å². The van der Waals surface area contributed by atoms with Crippen LogP contribution < -0.4 is 21.4 Å². The van der Waals surface area contributed by atoms with Crippen molar-refractivity contribution < 1.29 is 49.1 Å². The zero-order chi connectivity index (χ0) is 40.2. The highest BCUT2D eigenvalue weighted by Gasteiger charge is 2.29. The normalized spacial score (nSPS) is 16.0. The van der Waals surface area contributed by atoms with E-state index in [0.29, 0.717) is 16.0 Å². The van der Waals surface area contributed by atoms with E-state index in [1.54, 1.807) is 18.2 Å². The molecule has 6 N–H and O–H groups in total. The number of aliphatic imine (C=N–C) groups is 5. The summed E-state index contributed by atoms with van der Waals surface area (Å²) in [6, 6.07) is 15.8. The van der Waals surface area contributed by atoms with Gasteiger partial charge >= 0.3 is 0 Å². The summed E-state index contributed by atoms with van der Waals surface area (Å²) in [6.45, 7) is 0. The first kappa shape index (κ1) is 35.9. The molecule has 0 aliphatic carbocycles. The van der Waals surface area contributed by atoms with Gasteiger partial charge in [-0.3, -0.25) is 13.7 Å². The Morgan fingerprint density at radius 2 is 0.965 bits per heavy atom. The molecule has 284 valence electrons. The summed E-state index contributed by atoms with van der Waals surface area (Å²) in [5.74, 6) is -1.10. The number of benzene rings is 4. The third-order valence-corrected chi connectivity index (χ3v) is 11.6. The Morgan fingerprint density at radius 1 is 0.491 bits per heavy atom. The number of rotatable bonds is 4. The lowest BCUT2D eigenvalue weighted by Crippen LogP contribution is -2.17. The number of aliphatic hydroxyl groups is 2. The van der Waals surface area contributed by atoms with E-state index in [4.69, 9.17) is 4.99 Å². The quantitative estimate of drug-likeness (QED) is 0.109. The minimum atomic E-state index is -4.72. The number of allylic oxidation sites excluding steroid dienone is 1. The molecule has 57 heavy (non-hydrogen) atoms. The Balaban J connectivity index is 1.41. The summed E-state index contributed by atoms with van der Waals surface area (Å²) in [5, 5.41) is 20.0. The van der Waals surface area contributed by atoms with E-state index in [-0.39, 0.29) is 79.0 Å². The van der Waals surface area contributed by atoms with Gasteiger partial charge in [0.1, 0.15) is 11.0 Å². The predicted octanol–water partition coefficient (Wildman–Crippen LogP) is 0.839. The maximum Gasteiger partial charge on any atom is 0.294 e. The van der Waals surface area contributed by atoms with E-state index >= 15 is 0 Å². The molecule has 9 rings (SSSR count). The first-order chi connectivity index (χ1) is 26.9. The number of nitrogens with zero attached hydrogens (tertiary/aromatic N) is 7. The maximum absolute atomic E-state index is 12.2. The average Bonchev–Trinajstić information content (AvgIpc) is 3.87. The second-order valence-corrected chi connectivity index (χ2v) is 16.9. The van der Waals surface area contributed by atoms with Crippen molar-refractivity contribution in [3.8, 4) is 0 Å². The lowest BCUT2D eigenvalue weighted by atomic mass is 10.1. The zero-order valence-electron chi connectivity index (χ0n) is 28.1. The van der Waals surface area contributed by atoms with Gasteiger partial charge in [0.2, 0.25) is 0 Å². The molecule has 0 fully saturated rings. The van der Waals surface area contributed by atoms with Crippen LogP contribution in [0.3, 0.4) is 0 Å². The van der Waals surface area contributed by atoms with Gasteiger partial charge in [0.05, 0.1) is 14.7 Å². The lowest BCUT2D eigenvalue weighted by molar-refractivity contribution is 0.192. The number of aliphatic hydroxyl groups excluding tert-OH is 1. The van der Waals surface area contributed by atoms with Crippen LogP contribution >= 0.6 is 0 Å². The molecule has 1 aromatic heterocycles. The topological polar surface area (TPSA) is 306 Å². The highest BCUT2D eigenvalue weighted by Crippen LogP contribution is 2.28. The number of hydrogen-bond acceptors (Lipinski definition) is 15. The van der Waals surface area contributed by atoms with Gasteiger partial charge in [-0.1, -0.05) is 6.07 Å². The molecule has 19 nitrogen and oxygen atoms in total. The van der Waals surface area contributed by atoms with E-state index in [9.17, 15) is 49.1 Å². The fourth-order valence-corrected chi connectivity index (χ4v) is 7.96. The van der Waals surface area contributed by atoms with Crippen LogP contribution in [0.1, 0.15) is 27.8 Å². The molecule has 22 heteroatoms. The maximum atomic E-state index is 12.2. The first-order valence-electron chi connectivity index (χ1n) is 16.1. The van der Waals surface area contributed by atoms with Gasteiger partial charge in [0, 0.05) is 49.9 Å². The second kappa shape index (κ2) is 12.3. The van der Waals surface area contributed by atoms with Gasteiger partial charge in [-0.05, 0) is 78.0 Å². The molecule has 8 bridgehead atoms.